The predicted octanol–water partition coefficient (Wildman–Crippen LogP) is 15.0. The van der Waals surface area contributed by atoms with Crippen LogP contribution in [0.15, 0.2) is 208 Å². The van der Waals surface area contributed by atoms with E-state index < -0.39 is 0 Å². The number of rotatable bonds is 6. The topological polar surface area (TPSA) is 91.0 Å². The van der Waals surface area contributed by atoms with Gasteiger partial charge in [0.1, 0.15) is 33.5 Å². The maximum atomic E-state index is 6.72. The van der Waals surface area contributed by atoms with E-state index in [0.29, 0.717) is 17.5 Å². The van der Waals surface area contributed by atoms with Crippen molar-refractivity contribution in [3.8, 4) is 67.5 Å². The summed E-state index contributed by atoms with van der Waals surface area (Å²) in [6.45, 7) is 0. The minimum Gasteiger partial charge on any atom is -0.456 e. The number of hydrogen-bond donors (Lipinski definition) is 0. The van der Waals surface area contributed by atoms with Gasteiger partial charge < -0.3 is 13.3 Å². The van der Waals surface area contributed by atoms with Crippen LogP contribution in [0.1, 0.15) is 0 Å². The zero-order valence-corrected chi connectivity index (χ0v) is 33.5. The predicted molar refractivity (Wildman–Crippen MR) is 252 cm³/mol. The Kier molecular flexibility index (Phi) is 7.77. The molecule has 0 saturated heterocycles. The Bertz CT molecular complexity index is 3900. The Balaban J connectivity index is 0.934. The van der Waals surface area contributed by atoms with Gasteiger partial charge in [-0.1, -0.05) is 140 Å². The molecule has 7 heteroatoms. The molecule has 0 atom stereocenters. The molecule has 0 amide bonds. The van der Waals surface area contributed by atoms with Gasteiger partial charge >= 0.3 is 0 Å². The van der Waals surface area contributed by atoms with Crippen LogP contribution in [0, 0.1) is 0 Å². The summed E-state index contributed by atoms with van der Waals surface area (Å²) in [4.78, 5) is 19.5. The molecular weight excluding hydrogens is 777 g/mol. The van der Waals surface area contributed by atoms with Crippen molar-refractivity contribution >= 4 is 65.8 Å². The molecule has 5 aromatic heterocycles. The Morgan fingerprint density at radius 1 is 0.302 bits per heavy atom. The lowest BCUT2D eigenvalue weighted by molar-refractivity contribution is 0.665. The molecule has 0 spiro atoms. The van der Waals surface area contributed by atoms with E-state index in [4.69, 9.17) is 28.2 Å². The Labute approximate surface area is 359 Å². The van der Waals surface area contributed by atoms with Crippen LogP contribution in [0.25, 0.3) is 133 Å². The smallest absolute Gasteiger partial charge is 0.164 e. The summed E-state index contributed by atoms with van der Waals surface area (Å²) in [5.74, 6) is 1.69. The molecular formula is C56H32N4O3. The van der Waals surface area contributed by atoms with Crippen LogP contribution in [0.3, 0.4) is 0 Å². The molecule has 294 valence electrons. The highest BCUT2D eigenvalue weighted by molar-refractivity contribution is 6.19. The van der Waals surface area contributed by atoms with Gasteiger partial charge in [-0.15, -0.1) is 0 Å². The van der Waals surface area contributed by atoms with Crippen molar-refractivity contribution in [3.63, 3.8) is 0 Å². The van der Waals surface area contributed by atoms with Gasteiger partial charge in [-0.2, -0.15) is 0 Å². The minimum absolute atomic E-state index is 0.555. The Hall–Kier alpha value is -8.68. The van der Waals surface area contributed by atoms with Crippen molar-refractivity contribution < 1.29 is 13.3 Å². The lowest BCUT2D eigenvalue weighted by atomic mass is 9.93. The number of nitrogens with zero attached hydrogens (tertiary/aromatic N) is 4. The molecule has 5 heterocycles. The second-order valence-electron chi connectivity index (χ2n) is 15.8. The molecule has 0 bridgehead atoms. The van der Waals surface area contributed by atoms with Crippen LogP contribution in [0.4, 0.5) is 0 Å². The molecule has 63 heavy (non-hydrogen) atoms. The van der Waals surface area contributed by atoms with Crippen LogP contribution in [0.5, 0.6) is 0 Å². The average Bonchev–Trinajstić information content (AvgIpc) is 4.06. The molecule has 13 rings (SSSR count). The molecule has 0 aliphatic carbocycles. The number of furan rings is 3. The molecule has 0 unspecified atom stereocenters. The third-order valence-electron chi connectivity index (χ3n) is 12.1. The summed E-state index contributed by atoms with van der Waals surface area (Å²) in [6, 6.07) is 62.0. The summed E-state index contributed by atoms with van der Waals surface area (Å²) in [5, 5.41) is 6.38. The molecule has 0 saturated carbocycles. The normalized spacial score (nSPS) is 11.8. The van der Waals surface area contributed by atoms with Crippen LogP contribution >= 0.6 is 0 Å². The lowest BCUT2D eigenvalue weighted by Crippen LogP contribution is -2.00. The third-order valence-corrected chi connectivity index (χ3v) is 12.1. The van der Waals surface area contributed by atoms with Gasteiger partial charge in [0, 0.05) is 72.5 Å². The SMILES string of the molecule is c1cncc(-c2ccc(-c3nc(-c4ccc(-c5ccc(-c6cccc7c6oc6ccccc67)c6oc7ccccc7c56)cc4)nc(-c4ccc5c(c4)oc4ccccc45)n3)cc2)c1. The maximum Gasteiger partial charge on any atom is 0.164 e. The quantitative estimate of drug-likeness (QED) is 0.165. The highest BCUT2D eigenvalue weighted by Crippen LogP contribution is 2.45. The molecule has 0 N–H and O–H groups in total. The molecule has 7 nitrogen and oxygen atoms in total. The monoisotopic (exact) mass is 808 g/mol. The maximum absolute atomic E-state index is 6.72. The number of pyridine rings is 1. The van der Waals surface area contributed by atoms with E-state index in [2.05, 4.69) is 126 Å². The van der Waals surface area contributed by atoms with Gasteiger partial charge in [0.05, 0.1) is 0 Å². The summed E-state index contributed by atoms with van der Waals surface area (Å²) < 4.78 is 19.5. The van der Waals surface area contributed by atoms with Gasteiger partial charge in [-0.05, 0) is 64.7 Å². The summed E-state index contributed by atoms with van der Waals surface area (Å²) in [6.07, 6.45) is 3.64. The highest BCUT2D eigenvalue weighted by atomic mass is 16.3. The van der Waals surface area contributed by atoms with Crippen molar-refractivity contribution in [1.82, 2.24) is 19.9 Å². The van der Waals surface area contributed by atoms with Crippen molar-refractivity contribution in [3.05, 3.63) is 194 Å². The Morgan fingerprint density at radius 3 is 1.54 bits per heavy atom. The van der Waals surface area contributed by atoms with E-state index >= 15 is 0 Å². The van der Waals surface area contributed by atoms with Crippen LogP contribution in [0.2, 0.25) is 0 Å². The second-order valence-corrected chi connectivity index (χ2v) is 15.8. The standard InChI is InChI=1S/C56H32N4O3/c1-4-15-47-40(10-1)42-27-26-37(31-50(42)61-47)56-59-54(35-22-18-33(19-23-35)38-9-8-30-57-32-38)58-55(60-56)36-24-20-34(21-25-36)39-28-29-45(53-51(39)46-12-3-6-17-49(46)63-53)44-14-7-13-43-41-11-2-5-16-48(41)62-52(43)44/h1-32H. The van der Waals surface area contributed by atoms with E-state index in [-0.39, 0.29) is 0 Å². The van der Waals surface area contributed by atoms with E-state index in [9.17, 15) is 0 Å². The summed E-state index contributed by atoms with van der Waals surface area (Å²) in [7, 11) is 0. The first-order valence-electron chi connectivity index (χ1n) is 20.8. The first-order valence-corrected chi connectivity index (χ1v) is 20.8. The van der Waals surface area contributed by atoms with Gasteiger partial charge in [-0.3, -0.25) is 4.98 Å². The first-order chi connectivity index (χ1) is 31.2. The number of hydrogen-bond acceptors (Lipinski definition) is 7. The first kappa shape index (κ1) is 35.1. The fourth-order valence-corrected chi connectivity index (χ4v) is 9.01. The number of para-hydroxylation sites is 4. The zero-order chi connectivity index (χ0) is 41.4. The van der Waals surface area contributed by atoms with Crippen molar-refractivity contribution in [2.24, 2.45) is 0 Å². The molecule has 0 aliphatic heterocycles. The van der Waals surface area contributed by atoms with Crippen molar-refractivity contribution in [2.75, 3.05) is 0 Å². The van der Waals surface area contributed by atoms with Crippen LogP contribution < -0.4 is 0 Å². The summed E-state index contributed by atoms with van der Waals surface area (Å²) in [5.41, 5.74) is 13.7. The minimum atomic E-state index is 0.555. The fraction of sp³-hybridized carbons (Fsp3) is 0. The van der Waals surface area contributed by atoms with Gasteiger partial charge in [0.15, 0.2) is 17.5 Å². The molecule has 13 aromatic rings. The van der Waals surface area contributed by atoms with Crippen LogP contribution in [-0.2, 0) is 0 Å². The van der Waals surface area contributed by atoms with E-state index in [1.54, 1.807) is 6.20 Å². The zero-order valence-electron chi connectivity index (χ0n) is 33.5. The summed E-state index contributed by atoms with van der Waals surface area (Å²) >= 11 is 0. The van der Waals surface area contributed by atoms with E-state index in [0.717, 1.165) is 116 Å². The van der Waals surface area contributed by atoms with Crippen molar-refractivity contribution in [1.29, 1.82) is 0 Å². The number of fused-ring (bicyclic) bond motifs is 9. The molecule has 8 aromatic carbocycles. The third kappa shape index (κ3) is 5.75. The molecule has 0 aliphatic rings. The van der Waals surface area contributed by atoms with Gasteiger partial charge in [0.2, 0.25) is 0 Å². The fourth-order valence-electron chi connectivity index (χ4n) is 9.01. The van der Waals surface area contributed by atoms with E-state index in [1.165, 1.54) is 0 Å². The number of aromatic nitrogens is 4. The van der Waals surface area contributed by atoms with Crippen LogP contribution in [-0.4, -0.2) is 19.9 Å². The average molecular weight is 809 g/mol. The van der Waals surface area contributed by atoms with E-state index in [1.807, 2.05) is 66.9 Å². The van der Waals surface area contributed by atoms with Gasteiger partial charge in [-0.25, -0.2) is 15.0 Å². The highest BCUT2D eigenvalue weighted by Gasteiger charge is 2.21. The number of benzene rings is 8. The van der Waals surface area contributed by atoms with Crippen molar-refractivity contribution in [2.45, 2.75) is 0 Å². The largest absolute Gasteiger partial charge is 0.456 e. The lowest BCUT2D eigenvalue weighted by Gasteiger charge is -2.11. The van der Waals surface area contributed by atoms with Gasteiger partial charge in [0.25, 0.3) is 0 Å². The molecule has 0 fully saturated rings. The Morgan fingerprint density at radius 2 is 0.825 bits per heavy atom. The second kappa shape index (κ2) is 13.9. The molecule has 0 radical (unpaired) electrons.